The number of hydrogen-bond acceptors (Lipinski definition) is 1. The van der Waals surface area contributed by atoms with Gasteiger partial charge in [-0.2, -0.15) is 0 Å². The van der Waals surface area contributed by atoms with Crippen molar-refractivity contribution in [2.45, 2.75) is 13.2 Å². The third kappa shape index (κ3) is 1.32. The quantitative estimate of drug-likeness (QED) is 0.626. The summed E-state index contributed by atoms with van der Waals surface area (Å²) in [5.41, 5.74) is 1.90. The maximum Gasteiger partial charge on any atom is 0.228 e. The molecule has 65 valence electrons. The number of halogens is 1. The van der Waals surface area contributed by atoms with Crippen molar-refractivity contribution in [2.75, 3.05) is 5.32 Å². The van der Waals surface area contributed by atoms with Crippen LogP contribution in [0.25, 0.3) is 0 Å². The van der Waals surface area contributed by atoms with Crippen LogP contribution in [0.3, 0.4) is 0 Å². The van der Waals surface area contributed by atoms with E-state index in [0.29, 0.717) is 5.69 Å². The van der Waals surface area contributed by atoms with Crippen LogP contribution >= 0.6 is 0 Å². The summed E-state index contributed by atoms with van der Waals surface area (Å²) in [6, 6.07) is 3.25. The molecule has 0 atom stereocenters. The molecule has 0 fully saturated rings. The van der Waals surface area contributed by atoms with Gasteiger partial charge in [-0.15, -0.1) is 0 Å². The summed E-state index contributed by atoms with van der Waals surface area (Å²) in [7, 11) is 1.81. The molecule has 2 nitrogen and oxygen atoms in total. The van der Waals surface area contributed by atoms with E-state index in [9.17, 15) is 9.18 Å². The molecule has 4 heteroatoms. The molecule has 0 saturated carbocycles. The van der Waals surface area contributed by atoms with E-state index in [0.717, 1.165) is 11.0 Å². The molecule has 1 aromatic carbocycles. The Morgan fingerprint density at radius 2 is 2.31 bits per heavy atom. The molecule has 13 heavy (non-hydrogen) atoms. The average molecular weight is 176 g/mol. The number of rotatable bonds is 1. The highest BCUT2D eigenvalue weighted by atomic mass is 19.1. The Bertz CT molecular complexity index is 378. The number of benzene rings is 1. The van der Waals surface area contributed by atoms with Crippen LogP contribution in [0.4, 0.5) is 10.1 Å². The van der Waals surface area contributed by atoms with Crippen molar-refractivity contribution in [2.24, 2.45) is 0 Å². The summed E-state index contributed by atoms with van der Waals surface area (Å²) in [4.78, 5) is 11.0. The number of nitrogens with one attached hydrogen (secondary N) is 1. The van der Waals surface area contributed by atoms with E-state index in [1.165, 1.54) is 6.07 Å². The van der Waals surface area contributed by atoms with Crippen LogP contribution in [0.2, 0.25) is 6.82 Å². The second-order valence-electron chi connectivity index (χ2n) is 3.05. The molecule has 1 aromatic rings. The Morgan fingerprint density at radius 3 is 3.00 bits per heavy atom. The van der Waals surface area contributed by atoms with Crippen molar-refractivity contribution in [3.63, 3.8) is 0 Å². The average Bonchev–Trinajstić information content (AvgIpc) is 2.46. The molecular formula is C9H8BFNO. The van der Waals surface area contributed by atoms with Crippen molar-refractivity contribution in [3.05, 3.63) is 23.5 Å². The molecule has 1 aliphatic rings. The lowest BCUT2D eigenvalue weighted by Crippen LogP contribution is -2.12. The zero-order chi connectivity index (χ0) is 9.42. The van der Waals surface area contributed by atoms with E-state index in [4.69, 9.17) is 0 Å². The summed E-state index contributed by atoms with van der Waals surface area (Å²) < 4.78 is 13.3. The lowest BCUT2D eigenvalue weighted by atomic mass is 9.73. The molecule has 1 N–H and O–H groups in total. The predicted octanol–water partition coefficient (Wildman–Crippen LogP) is 0.698. The van der Waals surface area contributed by atoms with Gasteiger partial charge in [-0.05, 0) is 11.6 Å². The lowest BCUT2D eigenvalue weighted by Gasteiger charge is -2.02. The first-order chi connectivity index (χ1) is 6.20. The first kappa shape index (κ1) is 8.29. The van der Waals surface area contributed by atoms with Crippen LogP contribution in [0.15, 0.2) is 12.1 Å². The Labute approximate surface area is 76.4 Å². The minimum atomic E-state index is -0.351. The van der Waals surface area contributed by atoms with Crippen LogP contribution in [-0.4, -0.2) is 13.2 Å². The summed E-state index contributed by atoms with van der Waals surface area (Å²) in [5.74, 6) is -0.487. The highest BCUT2D eigenvalue weighted by Crippen LogP contribution is 2.24. The predicted molar refractivity (Wildman–Crippen MR) is 50.0 cm³/mol. The van der Waals surface area contributed by atoms with Gasteiger partial charge in [-0.25, -0.2) is 4.39 Å². The lowest BCUT2D eigenvalue weighted by molar-refractivity contribution is -0.115. The monoisotopic (exact) mass is 176 g/mol. The van der Waals surface area contributed by atoms with Gasteiger partial charge < -0.3 is 5.32 Å². The second kappa shape index (κ2) is 2.87. The van der Waals surface area contributed by atoms with Gasteiger partial charge in [0.15, 0.2) is 0 Å². The number of amides is 1. The molecule has 0 saturated heterocycles. The zero-order valence-corrected chi connectivity index (χ0v) is 7.23. The SMILES string of the molecule is C[B]c1cc(F)c2c(c1)CC(=O)N2. The van der Waals surface area contributed by atoms with Crippen LogP contribution in [0.5, 0.6) is 0 Å². The van der Waals surface area contributed by atoms with E-state index in [2.05, 4.69) is 5.32 Å². The maximum atomic E-state index is 13.3. The van der Waals surface area contributed by atoms with Crippen molar-refractivity contribution in [3.8, 4) is 0 Å². The van der Waals surface area contributed by atoms with Crippen LogP contribution in [0.1, 0.15) is 5.56 Å². The smallest absolute Gasteiger partial charge is 0.228 e. The highest BCUT2D eigenvalue weighted by Gasteiger charge is 2.21. The molecule has 0 spiro atoms. The second-order valence-corrected chi connectivity index (χ2v) is 3.05. The molecule has 0 unspecified atom stereocenters. The standard InChI is InChI=1S/C9H8BFNO/c1-10-6-2-5-3-8(13)12-9(5)7(11)4-6/h2,4H,3H2,1H3,(H,12,13). The molecule has 2 rings (SSSR count). The summed E-state index contributed by atoms with van der Waals surface area (Å²) in [6.07, 6.45) is 0.286. The van der Waals surface area contributed by atoms with E-state index in [1.807, 2.05) is 20.2 Å². The minimum Gasteiger partial charge on any atom is -0.323 e. The molecule has 0 aromatic heterocycles. The normalized spacial score (nSPS) is 13.8. The van der Waals surface area contributed by atoms with Crippen LogP contribution in [0, 0.1) is 5.82 Å². The summed E-state index contributed by atoms with van der Waals surface area (Å²) in [5, 5.41) is 2.49. The van der Waals surface area contributed by atoms with Crippen molar-refractivity contribution < 1.29 is 9.18 Å². The van der Waals surface area contributed by atoms with Gasteiger partial charge in [-0.3, -0.25) is 4.79 Å². The number of carbonyl (C=O) groups is 1. The zero-order valence-electron chi connectivity index (χ0n) is 7.23. The van der Waals surface area contributed by atoms with Gasteiger partial charge in [-0.1, -0.05) is 18.4 Å². The fourth-order valence-electron chi connectivity index (χ4n) is 1.49. The molecule has 1 heterocycles. The van der Waals surface area contributed by atoms with Crippen molar-refractivity contribution in [1.29, 1.82) is 0 Å². The number of carbonyl (C=O) groups excluding carboxylic acids is 1. The van der Waals surface area contributed by atoms with E-state index >= 15 is 0 Å². The van der Waals surface area contributed by atoms with Crippen molar-refractivity contribution >= 4 is 24.3 Å². The summed E-state index contributed by atoms with van der Waals surface area (Å²) in [6.45, 7) is 1.84. The van der Waals surface area contributed by atoms with Crippen LogP contribution < -0.4 is 10.8 Å². The van der Waals surface area contributed by atoms with E-state index in [-0.39, 0.29) is 18.1 Å². The molecule has 0 aliphatic carbocycles. The van der Waals surface area contributed by atoms with Crippen molar-refractivity contribution in [1.82, 2.24) is 0 Å². The van der Waals surface area contributed by atoms with Gasteiger partial charge in [0.2, 0.25) is 5.91 Å². The largest absolute Gasteiger partial charge is 0.323 e. The summed E-state index contributed by atoms with van der Waals surface area (Å²) >= 11 is 0. The topological polar surface area (TPSA) is 29.1 Å². The Kier molecular flexibility index (Phi) is 1.83. The third-order valence-corrected chi connectivity index (χ3v) is 2.14. The molecule has 0 bridgehead atoms. The van der Waals surface area contributed by atoms with Gasteiger partial charge in [0.25, 0.3) is 0 Å². The number of fused-ring (bicyclic) bond motifs is 1. The molecule has 1 radical (unpaired) electrons. The van der Waals surface area contributed by atoms with Gasteiger partial charge >= 0.3 is 0 Å². The molecule has 1 aliphatic heterocycles. The fourth-order valence-corrected chi connectivity index (χ4v) is 1.49. The Hall–Kier alpha value is -1.32. The minimum absolute atomic E-state index is 0.137. The first-order valence-electron chi connectivity index (χ1n) is 4.12. The maximum absolute atomic E-state index is 13.3. The highest BCUT2D eigenvalue weighted by molar-refractivity contribution is 6.52. The first-order valence-corrected chi connectivity index (χ1v) is 4.12. The van der Waals surface area contributed by atoms with Gasteiger partial charge in [0, 0.05) is 0 Å². The van der Waals surface area contributed by atoms with E-state index < -0.39 is 0 Å². The fraction of sp³-hybridized carbons (Fsp3) is 0.222. The molecular weight excluding hydrogens is 168 g/mol. The Balaban J connectivity index is 2.52. The van der Waals surface area contributed by atoms with E-state index in [1.54, 1.807) is 0 Å². The Morgan fingerprint density at radius 1 is 1.54 bits per heavy atom. The van der Waals surface area contributed by atoms with Crippen LogP contribution in [-0.2, 0) is 11.2 Å². The third-order valence-electron chi connectivity index (χ3n) is 2.14. The van der Waals surface area contributed by atoms with Gasteiger partial charge in [0.05, 0.1) is 12.1 Å². The molecule has 1 amide bonds. The van der Waals surface area contributed by atoms with Gasteiger partial charge in [0.1, 0.15) is 13.1 Å². The number of anilines is 1. The number of hydrogen-bond donors (Lipinski definition) is 1.